The quantitative estimate of drug-likeness (QED) is 0.398. The summed E-state index contributed by atoms with van der Waals surface area (Å²) in [7, 11) is 0. The molecule has 0 aliphatic carbocycles. The van der Waals surface area contributed by atoms with E-state index in [9.17, 15) is 24.5 Å². The van der Waals surface area contributed by atoms with Gasteiger partial charge >= 0.3 is 0 Å². The maximum atomic E-state index is 14.5. The summed E-state index contributed by atoms with van der Waals surface area (Å²) in [6, 6.07) is 4.28. The first-order chi connectivity index (χ1) is 13.8. The van der Waals surface area contributed by atoms with Crippen LogP contribution in [0.4, 0.5) is 10.1 Å². The second-order valence-electron chi connectivity index (χ2n) is 7.46. The number of amides is 1. The van der Waals surface area contributed by atoms with Gasteiger partial charge in [0.05, 0.1) is 31.0 Å². The van der Waals surface area contributed by atoms with Gasteiger partial charge in [-0.25, -0.2) is 4.39 Å². The number of hydrogen-bond donors (Lipinski definition) is 5. The van der Waals surface area contributed by atoms with Crippen LogP contribution >= 0.6 is 0 Å². The molecule has 0 saturated carbocycles. The molecule has 1 aromatic carbocycles. The molecule has 1 amide bonds. The Labute approximate surface area is 168 Å². The molecular weight excluding hydrogens is 385 g/mol. The number of anilines is 1. The molecule has 5 N–H and O–H groups in total. The third kappa shape index (κ3) is 5.34. The van der Waals surface area contributed by atoms with Gasteiger partial charge in [0.1, 0.15) is 0 Å². The van der Waals surface area contributed by atoms with E-state index in [2.05, 4.69) is 10.6 Å². The number of benzene rings is 1. The van der Waals surface area contributed by atoms with Crippen molar-refractivity contribution in [1.82, 2.24) is 10.6 Å². The Kier molecular flexibility index (Phi) is 6.91. The van der Waals surface area contributed by atoms with Crippen LogP contribution in [-0.2, 0) is 9.53 Å². The van der Waals surface area contributed by atoms with E-state index in [1.165, 1.54) is 24.0 Å². The van der Waals surface area contributed by atoms with Crippen LogP contribution in [0.5, 0.6) is 5.75 Å². The largest absolute Gasteiger partial charge is 0.490 e. The Hall–Kier alpha value is -1.98. The van der Waals surface area contributed by atoms with Crippen molar-refractivity contribution in [3.05, 3.63) is 24.0 Å². The molecule has 2 aliphatic rings. The number of aliphatic hydroxyl groups excluding tert-OH is 2. The predicted molar refractivity (Wildman–Crippen MR) is 102 cm³/mol. The highest BCUT2D eigenvalue weighted by Gasteiger charge is 2.37. The van der Waals surface area contributed by atoms with Crippen LogP contribution in [0, 0.1) is 5.82 Å². The topological polar surface area (TPSA) is 124 Å². The molecule has 10 heteroatoms. The minimum Gasteiger partial charge on any atom is -0.490 e. The lowest BCUT2D eigenvalue weighted by Gasteiger charge is -2.37. The number of carbonyl (C=O) groups excluding carboxylic acids is 1. The molecule has 1 aromatic rings. The standard InChI is InChI=1S/C19H28FN3O6/c1-12(24)22-9-14-11-23(18(26)29-14)13-2-3-16(15(20)8-13)28-7-5-19(27)4-6-21-10-17(19)25/h2-3,8,14,17-18,21,25-27H,4-7,9-11H2,1H3,(H,22,24)/t14?,17-,18?,19-/m0/s1. The summed E-state index contributed by atoms with van der Waals surface area (Å²) in [6.45, 7) is 2.89. The number of hydrogen-bond acceptors (Lipinski definition) is 8. The van der Waals surface area contributed by atoms with Gasteiger partial charge in [-0.05, 0) is 25.1 Å². The Balaban J connectivity index is 1.55. The number of aliphatic hydroxyl groups is 3. The molecule has 2 saturated heterocycles. The van der Waals surface area contributed by atoms with Gasteiger partial charge in [-0.3, -0.25) is 4.79 Å². The van der Waals surface area contributed by atoms with E-state index >= 15 is 0 Å². The molecule has 0 radical (unpaired) electrons. The summed E-state index contributed by atoms with van der Waals surface area (Å²) < 4.78 is 25.3. The van der Waals surface area contributed by atoms with Crippen LogP contribution in [0.15, 0.2) is 18.2 Å². The molecule has 9 nitrogen and oxygen atoms in total. The number of carbonyl (C=O) groups is 1. The Morgan fingerprint density at radius 1 is 1.48 bits per heavy atom. The van der Waals surface area contributed by atoms with Crippen LogP contribution in [0.2, 0.25) is 0 Å². The molecule has 2 fully saturated rings. The third-order valence-electron chi connectivity index (χ3n) is 5.29. The maximum Gasteiger partial charge on any atom is 0.238 e. The van der Waals surface area contributed by atoms with E-state index < -0.39 is 30.0 Å². The van der Waals surface area contributed by atoms with Crippen molar-refractivity contribution < 1.29 is 34.0 Å². The van der Waals surface area contributed by atoms with Crippen LogP contribution in [-0.4, -0.2) is 78.2 Å². The van der Waals surface area contributed by atoms with Gasteiger partial charge in [-0.15, -0.1) is 0 Å². The van der Waals surface area contributed by atoms with E-state index in [0.717, 1.165) is 0 Å². The number of rotatable bonds is 7. The Bertz CT molecular complexity index is 723. The molecule has 3 rings (SSSR count). The number of ether oxygens (including phenoxy) is 2. The van der Waals surface area contributed by atoms with Gasteiger partial charge in [0, 0.05) is 38.2 Å². The first-order valence-corrected chi connectivity index (χ1v) is 9.66. The normalized spacial score (nSPS) is 29.7. The zero-order chi connectivity index (χ0) is 21.0. The molecule has 162 valence electrons. The molecule has 2 heterocycles. The lowest BCUT2D eigenvalue weighted by atomic mass is 9.87. The number of piperidine rings is 1. The van der Waals surface area contributed by atoms with Crippen molar-refractivity contribution in [2.24, 2.45) is 0 Å². The average Bonchev–Trinajstić information content (AvgIpc) is 3.05. The Morgan fingerprint density at radius 2 is 2.28 bits per heavy atom. The van der Waals surface area contributed by atoms with E-state index in [1.54, 1.807) is 6.07 Å². The summed E-state index contributed by atoms with van der Waals surface area (Å²) in [6.07, 6.45) is -1.97. The van der Waals surface area contributed by atoms with Gasteiger partial charge in [0.15, 0.2) is 11.6 Å². The van der Waals surface area contributed by atoms with Crippen molar-refractivity contribution in [2.75, 3.05) is 37.7 Å². The fourth-order valence-electron chi connectivity index (χ4n) is 3.52. The van der Waals surface area contributed by atoms with Gasteiger partial charge in [0.25, 0.3) is 0 Å². The predicted octanol–water partition coefficient (Wildman–Crippen LogP) is -0.703. The molecule has 4 atom stereocenters. The van der Waals surface area contributed by atoms with Gasteiger partial charge < -0.3 is 40.3 Å². The average molecular weight is 413 g/mol. The lowest BCUT2D eigenvalue weighted by Crippen LogP contribution is -2.54. The van der Waals surface area contributed by atoms with E-state index in [0.29, 0.717) is 31.7 Å². The van der Waals surface area contributed by atoms with Gasteiger partial charge in [-0.1, -0.05) is 0 Å². The molecule has 0 aromatic heterocycles. The molecular formula is C19H28FN3O6. The van der Waals surface area contributed by atoms with Gasteiger partial charge in [0.2, 0.25) is 12.3 Å². The maximum absolute atomic E-state index is 14.5. The Morgan fingerprint density at radius 3 is 2.97 bits per heavy atom. The highest BCUT2D eigenvalue weighted by Crippen LogP contribution is 2.29. The van der Waals surface area contributed by atoms with E-state index in [1.807, 2.05) is 0 Å². The summed E-state index contributed by atoms with van der Waals surface area (Å²) in [5.41, 5.74) is -0.832. The van der Waals surface area contributed by atoms with E-state index in [4.69, 9.17) is 9.47 Å². The molecule has 0 bridgehead atoms. The third-order valence-corrected chi connectivity index (χ3v) is 5.29. The van der Waals surface area contributed by atoms with Crippen molar-refractivity contribution in [1.29, 1.82) is 0 Å². The van der Waals surface area contributed by atoms with Crippen LogP contribution in [0.1, 0.15) is 19.8 Å². The number of nitrogens with one attached hydrogen (secondary N) is 2. The van der Waals surface area contributed by atoms with Crippen molar-refractivity contribution in [2.45, 2.75) is 44.0 Å². The fourth-order valence-corrected chi connectivity index (χ4v) is 3.52. The van der Waals surface area contributed by atoms with Crippen molar-refractivity contribution in [3.63, 3.8) is 0 Å². The number of nitrogens with zero attached hydrogens (tertiary/aromatic N) is 1. The summed E-state index contributed by atoms with van der Waals surface area (Å²) >= 11 is 0. The first kappa shape index (κ1) is 21.7. The zero-order valence-electron chi connectivity index (χ0n) is 16.3. The van der Waals surface area contributed by atoms with E-state index in [-0.39, 0.29) is 31.2 Å². The summed E-state index contributed by atoms with van der Waals surface area (Å²) in [5.74, 6) is -0.793. The first-order valence-electron chi connectivity index (χ1n) is 9.66. The van der Waals surface area contributed by atoms with Crippen LogP contribution < -0.4 is 20.3 Å². The van der Waals surface area contributed by atoms with Crippen LogP contribution in [0.3, 0.4) is 0 Å². The zero-order valence-corrected chi connectivity index (χ0v) is 16.3. The highest BCUT2D eigenvalue weighted by molar-refractivity contribution is 5.72. The second-order valence-corrected chi connectivity index (χ2v) is 7.46. The molecule has 2 aliphatic heterocycles. The van der Waals surface area contributed by atoms with Crippen LogP contribution in [0.25, 0.3) is 0 Å². The smallest absolute Gasteiger partial charge is 0.238 e. The summed E-state index contributed by atoms with van der Waals surface area (Å²) in [4.78, 5) is 12.5. The minimum atomic E-state index is -1.25. The van der Waals surface area contributed by atoms with Crippen molar-refractivity contribution >= 4 is 11.6 Å². The molecule has 29 heavy (non-hydrogen) atoms. The minimum absolute atomic E-state index is 0.0187. The molecule has 0 spiro atoms. The second kappa shape index (κ2) is 9.23. The molecule has 2 unspecified atom stereocenters. The lowest BCUT2D eigenvalue weighted by molar-refractivity contribution is -0.121. The monoisotopic (exact) mass is 413 g/mol. The SMILES string of the molecule is CC(=O)NCC1CN(c2ccc(OCC[C@@]3(O)CCNC[C@@H]3O)c(F)c2)C(O)O1. The van der Waals surface area contributed by atoms with Crippen molar-refractivity contribution in [3.8, 4) is 5.75 Å². The van der Waals surface area contributed by atoms with Gasteiger partial charge in [-0.2, -0.15) is 0 Å². The summed E-state index contributed by atoms with van der Waals surface area (Å²) in [5, 5.41) is 36.1. The highest BCUT2D eigenvalue weighted by atomic mass is 19.1. The number of halogens is 1. The fraction of sp³-hybridized carbons (Fsp3) is 0.632. The number of β-amino-alcohol motifs (C(OH)–C–C–N with tert-alkyl or cyclic N) is 1.